The van der Waals surface area contributed by atoms with Crippen LogP contribution in [0.4, 0.5) is 17.8 Å². The zero-order valence-electron chi connectivity index (χ0n) is 16.0. The number of rotatable bonds is 5. The summed E-state index contributed by atoms with van der Waals surface area (Å²) in [7, 11) is 0. The fraction of sp³-hybridized carbons (Fsp3) is 0.500. The van der Waals surface area contributed by atoms with Gasteiger partial charge in [0.15, 0.2) is 0 Å². The lowest BCUT2D eigenvalue weighted by atomic mass is 10.1. The monoisotopic (exact) mass is 491 g/mol. The molecule has 8 heteroatoms. The van der Waals surface area contributed by atoms with Crippen LogP contribution < -0.4 is 15.2 Å². The smallest absolute Gasteiger partial charge is 0.250 e. The lowest BCUT2D eigenvalue weighted by Crippen LogP contribution is -2.34. The van der Waals surface area contributed by atoms with Crippen LogP contribution in [-0.2, 0) is 0 Å². The first-order valence-corrected chi connectivity index (χ1v) is 11.2. The number of hydrazone groups is 1. The third kappa shape index (κ3) is 5.09. The average molecular weight is 491 g/mol. The number of anilines is 3. The van der Waals surface area contributed by atoms with Crippen molar-refractivity contribution in [2.45, 2.75) is 38.5 Å². The normalized spacial score (nSPS) is 17.9. The maximum atomic E-state index is 4.79. The molecule has 2 fully saturated rings. The molecule has 28 heavy (non-hydrogen) atoms. The van der Waals surface area contributed by atoms with Gasteiger partial charge in [0.1, 0.15) is 0 Å². The predicted molar refractivity (Wildman–Crippen MR) is 122 cm³/mol. The van der Waals surface area contributed by atoms with E-state index < -0.39 is 0 Å². The molecule has 3 heterocycles. The Bertz CT molecular complexity index is 760. The molecule has 148 valence electrons. The second-order valence-electron chi connectivity index (χ2n) is 7.28. The molecule has 4 rings (SSSR count). The van der Waals surface area contributed by atoms with Crippen LogP contribution in [-0.4, -0.2) is 47.3 Å². The third-order valence-electron chi connectivity index (χ3n) is 5.14. The lowest BCUT2D eigenvalue weighted by Gasteiger charge is -2.30. The van der Waals surface area contributed by atoms with Crippen LogP contribution in [0.3, 0.4) is 0 Å². The van der Waals surface area contributed by atoms with Gasteiger partial charge in [0.05, 0.1) is 6.21 Å². The van der Waals surface area contributed by atoms with Gasteiger partial charge >= 0.3 is 0 Å². The van der Waals surface area contributed by atoms with Crippen molar-refractivity contribution in [1.82, 2.24) is 15.0 Å². The molecular formula is C20H26IN7. The molecule has 0 atom stereocenters. The van der Waals surface area contributed by atoms with Gasteiger partial charge in [-0.15, -0.1) is 0 Å². The number of aromatic nitrogens is 3. The number of piperidine rings is 2. The van der Waals surface area contributed by atoms with Crippen molar-refractivity contribution in [3.63, 3.8) is 0 Å². The molecule has 0 radical (unpaired) electrons. The van der Waals surface area contributed by atoms with Crippen molar-refractivity contribution < 1.29 is 0 Å². The van der Waals surface area contributed by atoms with Crippen molar-refractivity contribution in [2.75, 3.05) is 41.4 Å². The molecule has 0 unspecified atom stereocenters. The topological polar surface area (TPSA) is 69.5 Å². The first kappa shape index (κ1) is 19.4. The van der Waals surface area contributed by atoms with Gasteiger partial charge in [-0.2, -0.15) is 20.1 Å². The number of nitrogens with one attached hydrogen (secondary N) is 1. The molecule has 0 spiro atoms. The van der Waals surface area contributed by atoms with E-state index in [9.17, 15) is 0 Å². The van der Waals surface area contributed by atoms with E-state index in [0.29, 0.717) is 5.95 Å². The van der Waals surface area contributed by atoms with E-state index in [1.807, 2.05) is 12.1 Å². The average Bonchev–Trinajstić information content (AvgIpc) is 2.76. The minimum atomic E-state index is 0.512. The zero-order chi connectivity index (χ0) is 19.2. The minimum Gasteiger partial charge on any atom is -0.341 e. The Balaban J connectivity index is 1.54. The van der Waals surface area contributed by atoms with E-state index in [0.717, 1.165) is 43.6 Å². The van der Waals surface area contributed by atoms with E-state index in [-0.39, 0.29) is 0 Å². The first-order valence-electron chi connectivity index (χ1n) is 10.1. The highest BCUT2D eigenvalue weighted by Gasteiger charge is 2.20. The van der Waals surface area contributed by atoms with Gasteiger partial charge in [-0.05, 0) is 78.8 Å². The quantitative estimate of drug-likeness (QED) is 0.389. The molecule has 1 aromatic heterocycles. The van der Waals surface area contributed by atoms with Crippen molar-refractivity contribution in [2.24, 2.45) is 5.10 Å². The van der Waals surface area contributed by atoms with Gasteiger partial charge in [-0.25, -0.2) is 5.43 Å². The molecule has 0 saturated carbocycles. The summed E-state index contributed by atoms with van der Waals surface area (Å²) in [6, 6.07) is 8.21. The van der Waals surface area contributed by atoms with Crippen LogP contribution >= 0.6 is 22.6 Å². The second-order valence-corrected chi connectivity index (χ2v) is 8.52. The van der Waals surface area contributed by atoms with Crippen molar-refractivity contribution >= 4 is 46.7 Å². The maximum absolute atomic E-state index is 4.79. The van der Waals surface area contributed by atoms with E-state index in [2.05, 4.69) is 65.0 Å². The van der Waals surface area contributed by atoms with Crippen LogP contribution in [0.2, 0.25) is 0 Å². The van der Waals surface area contributed by atoms with Crippen LogP contribution in [0.5, 0.6) is 0 Å². The summed E-state index contributed by atoms with van der Waals surface area (Å²) in [5, 5.41) is 4.35. The number of nitrogens with zero attached hydrogens (tertiary/aromatic N) is 6. The molecule has 1 aromatic carbocycles. The summed E-state index contributed by atoms with van der Waals surface area (Å²) in [5.74, 6) is 2.04. The minimum absolute atomic E-state index is 0.512. The Morgan fingerprint density at radius 2 is 1.32 bits per heavy atom. The molecule has 1 N–H and O–H groups in total. The highest BCUT2D eigenvalue weighted by molar-refractivity contribution is 14.1. The Labute approximate surface area is 179 Å². The van der Waals surface area contributed by atoms with Crippen LogP contribution in [0.15, 0.2) is 29.4 Å². The predicted octanol–water partition coefficient (Wildman–Crippen LogP) is 3.90. The SMILES string of the molecule is Ic1ccc(/C=N/Nc2nc(N3CCCCC3)nc(N3CCCCC3)n2)cc1. The highest BCUT2D eigenvalue weighted by Crippen LogP contribution is 2.22. The summed E-state index contributed by atoms with van der Waals surface area (Å²) < 4.78 is 1.21. The van der Waals surface area contributed by atoms with Gasteiger partial charge in [0.25, 0.3) is 0 Å². The largest absolute Gasteiger partial charge is 0.341 e. The number of hydrogen-bond acceptors (Lipinski definition) is 7. The molecule has 7 nitrogen and oxygen atoms in total. The Morgan fingerprint density at radius 1 is 0.786 bits per heavy atom. The zero-order valence-corrected chi connectivity index (χ0v) is 18.2. The lowest BCUT2D eigenvalue weighted by molar-refractivity contribution is 0.556. The third-order valence-corrected chi connectivity index (χ3v) is 5.86. The van der Waals surface area contributed by atoms with Crippen molar-refractivity contribution in [1.29, 1.82) is 0 Å². The molecule has 2 aliphatic heterocycles. The van der Waals surface area contributed by atoms with Gasteiger partial charge in [-0.3, -0.25) is 0 Å². The molecule has 2 saturated heterocycles. The summed E-state index contributed by atoms with van der Waals surface area (Å²) in [6.07, 6.45) is 9.13. The summed E-state index contributed by atoms with van der Waals surface area (Å²) >= 11 is 2.30. The molecule has 0 aliphatic carbocycles. The van der Waals surface area contributed by atoms with Crippen LogP contribution in [0.1, 0.15) is 44.1 Å². The van der Waals surface area contributed by atoms with Gasteiger partial charge in [0, 0.05) is 29.7 Å². The number of hydrogen-bond donors (Lipinski definition) is 1. The van der Waals surface area contributed by atoms with Crippen LogP contribution in [0.25, 0.3) is 0 Å². The number of halogens is 1. The van der Waals surface area contributed by atoms with Gasteiger partial charge in [0.2, 0.25) is 17.8 Å². The van der Waals surface area contributed by atoms with E-state index in [4.69, 9.17) is 4.98 Å². The van der Waals surface area contributed by atoms with Crippen molar-refractivity contribution in [3.8, 4) is 0 Å². The summed E-state index contributed by atoms with van der Waals surface area (Å²) in [6.45, 7) is 4.03. The van der Waals surface area contributed by atoms with Crippen molar-refractivity contribution in [3.05, 3.63) is 33.4 Å². The molecular weight excluding hydrogens is 465 g/mol. The van der Waals surface area contributed by atoms with E-state index in [1.54, 1.807) is 6.21 Å². The fourth-order valence-electron chi connectivity index (χ4n) is 3.59. The Kier molecular flexibility index (Phi) is 6.56. The maximum Gasteiger partial charge on any atom is 0.250 e. The fourth-order valence-corrected chi connectivity index (χ4v) is 3.95. The molecule has 0 amide bonds. The van der Waals surface area contributed by atoms with E-state index in [1.165, 1.54) is 42.1 Å². The highest BCUT2D eigenvalue weighted by atomic mass is 127. The molecule has 0 bridgehead atoms. The first-order chi connectivity index (χ1) is 13.8. The summed E-state index contributed by atoms with van der Waals surface area (Å²) in [5.41, 5.74) is 4.06. The Morgan fingerprint density at radius 3 is 1.86 bits per heavy atom. The van der Waals surface area contributed by atoms with Gasteiger partial charge in [-0.1, -0.05) is 12.1 Å². The standard InChI is InChI=1S/C20H26IN7/c21-17-9-7-16(8-10-17)15-22-26-18-23-19(27-11-3-1-4-12-27)25-20(24-18)28-13-5-2-6-14-28/h7-10,15H,1-6,11-14H2,(H,23,24,25,26)/b22-15+. The van der Waals surface area contributed by atoms with Crippen LogP contribution in [0, 0.1) is 3.57 Å². The molecule has 2 aromatic rings. The molecule has 2 aliphatic rings. The summed E-state index contributed by atoms with van der Waals surface area (Å²) in [4.78, 5) is 18.6. The van der Waals surface area contributed by atoms with E-state index >= 15 is 0 Å². The Hall–Kier alpha value is -1.97. The number of benzene rings is 1. The second kappa shape index (κ2) is 9.49. The van der Waals surface area contributed by atoms with Gasteiger partial charge < -0.3 is 9.80 Å².